The maximum atomic E-state index is 5.48. The maximum absolute atomic E-state index is 5.48. The second kappa shape index (κ2) is 11.0. The third-order valence-corrected chi connectivity index (χ3v) is 5.47. The molecule has 3 aromatic carbocycles. The standard InChI is InChI=1S/C18H11N2O.C11H11N2.Ir/c1-2-4-14(5-3-1)18-16-7-6-15(12-17(16)21-20-18)13-8-10-19-11-9-13;1-9-4-3-5-10(8-9)11-12-6-7-13(11)2;/h1-4,6-12H;3-4,6-8H,1-2H3;/q2*-1;. The minimum Gasteiger partial charge on any atom is -0.373 e. The summed E-state index contributed by atoms with van der Waals surface area (Å²) in [5.74, 6) is 0.962. The van der Waals surface area contributed by atoms with E-state index in [0.717, 1.165) is 44.7 Å². The predicted molar refractivity (Wildman–Crippen MR) is 134 cm³/mol. The van der Waals surface area contributed by atoms with Gasteiger partial charge in [0.05, 0.1) is 5.82 Å². The average molecular weight is 635 g/mol. The molecular formula is C29H22IrN4O-2. The fourth-order valence-corrected chi connectivity index (χ4v) is 3.73. The molecule has 1 radical (unpaired) electrons. The van der Waals surface area contributed by atoms with Crippen LogP contribution in [0.5, 0.6) is 0 Å². The molecule has 0 saturated heterocycles. The zero-order chi connectivity index (χ0) is 23.3. The molecule has 0 aliphatic carbocycles. The van der Waals surface area contributed by atoms with Crippen molar-refractivity contribution in [3.8, 4) is 33.8 Å². The van der Waals surface area contributed by atoms with Crippen molar-refractivity contribution in [1.29, 1.82) is 0 Å². The number of aromatic nitrogens is 4. The first kappa shape index (κ1) is 24.3. The van der Waals surface area contributed by atoms with Crippen LogP contribution >= 0.6 is 0 Å². The molecule has 0 N–H and O–H groups in total. The Balaban J connectivity index is 0.000000179. The van der Waals surface area contributed by atoms with Crippen LogP contribution in [0, 0.1) is 19.1 Å². The SMILES string of the molecule is Cc1cc[c-]c(-c2nccn2C)c1.[Ir].[c-]1ccccc1-c1noc2cc(-c3ccncc3)ccc12. The second-order valence-electron chi connectivity index (χ2n) is 7.90. The molecule has 0 aliphatic rings. The van der Waals surface area contributed by atoms with Crippen molar-refractivity contribution in [3.05, 3.63) is 115 Å². The zero-order valence-corrected chi connectivity index (χ0v) is 21.7. The molecule has 5 nitrogen and oxygen atoms in total. The van der Waals surface area contributed by atoms with Crippen LogP contribution in [0.4, 0.5) is 0 Å². The normalized spacial score (nSPS) is 10.3. The average Bonchev–Trinajstić information content (AvgIpc) is 3.51. The molecule has 0 atom stereocenters. The van der Waals surface area contributed by atoms with E-state index in [-0.39, 0.29) is 20.1 Å². The van der Waals surface area contributed by atoms with Crippen LogP contribution < -0.4 is 0 Å². The van der Waals surface area contributed by atoms with Crippen LogP contribution in [0.15, 0.2) is 102 Å². The Morgan fingerprint density at radius 3 is 2.37 bits per heavy atom. The Hall–Kier alpha value is -3.86. The van der Waals surface area contributed by atoms with E-state index >= 15 is 0 Å². The Labute approximate surface area is 217 Å². The molecule has 0 amide bonds. The predicted octanol–water partition coefficient (Wildman–Crippen LogP) is 6.55. The molecular weight excluding hydrogens is 613 g/mol. The van der Waals surface area contributed by atoms with E-state index in [9.17, 15) is 0 Å². The number of hydrogen-bond donors (Lipinski definition) is 0. The molecule has 0 saturated carbocycles. The van der Waals surface area contributed by atoms with E-state index in [4.69, 9.17) is 4.52 Å². The third kappa shape index (κ3) is 5.46. The molecule has 6 rings (SSSR count). The van der Waals surface area contributed by atoms with E-state index in [0.29, 0.717) is 0 Å². The molecule has 0 fully saturated rings. The van der Waals surface area contributed by atoms with Gasteiger partial charge in [-0.05, 0) is 29.3 Å². The summed E-state index contributed by atoms with van der Waals surface area (Å²) in [4.78, 5) is 8.30. The Morgan fingerprint density at radius 1 is 0.829 bits per heavy atom. The molecule has 3 aromatic heterocycles. The van der Waals surface area contributed by atoms with E-state index in [2.05, 4.69) is 46.3 Å². The fourth-order valence-electron chi connectivity index (χ4n) is 3.73. The van der Waals surface area contributed by atoms with Gasteiger partial charge in [0, 0.05) is 63.0 Å². The topological polar surface area (TPSA) is 56.7 Å². The van der Waals surface area contributed by atoms with Crippen LogP contribution in [-0.2, 0) is 27.2 Å². The van der Waals surface area contributed by atoms with Crippen molar-refractivity contribution in [2.45, 2.75) is 6.92 Å². The Morgan fingerprint density at radius 2 is 1.66 bits per heavy atom. The first-order valence-corrected chi connectivity index (χ1v) is 10.9. The summed E-state index contributed by atoms with van der Waals surface area (Å²) in [5.41, 5.74) is 7.02. The van der Waals surface area contributed by atoms with Gasteiger partial charge in [0.1, 0.15) is 0 Å². The van der Waals surface area contributed by atoms with E-state index in [1.807, 2.05) is 78.5 Å². The van der Waals surface area contributed by atoms with Gasteiger partial charge in [-0.3, -0.25) is 9.97 Å². The second-order valence-corrected chi connectivity index (χ2v) is 7.90. The summed E-state index contributed by atoms with van der Waals surface area (Å²) in [6.07, 6.45) is 7.30. The molecule has 0 aliphatic heterocycles. The van der Waals surface area contributed by atoms with Gasteiger partial charge in [0.15, 0.2) is 5.58 Å². The summed E-state index contributed by atoms with van der Waals surface area (Å²) in [7, 11) is 1.98. The molecule has 175 valence electrons. The number of aryl methyl sites for hydroxylation is 2. The minimum absolute atomic E-state index is 0. The number of pyridine rings is 1. The molecule has 6 heteroatoms. The van der Waals surface area contributed by atoms with E-state index in [1.54, 1.807) is 18.6 Å². The van der Waals surface area contributed by atoms with Gasteiger partial charge in [-0.1, -0.05) is 19.1 Å². The van der Waals surface area contributed by atoms with Crippen molar-refractivity contribution >= 4 is 11.0 Å². The molecule has 35 heavy (non-hydrogen) atoms. The van der Waals surface area contributed by atoms with Gasteiger partial charge in [-0.2, -0.15) is 0 Å². The number of rotatable bonds is 3. The monoisotopic (exact) mass is 635 g/mol. The Kier molecular flexibility index (Phi) is 7.66. The van der Waals surface area contributed by atoms with Gasteiger partial charge >= 0.3 is 0 Å². The van der Waals surface area contributed by atoms with Crippen molar-refractivity contribution < 1.29 is 24.6 Å². The molecule has 3 heterocycles. The fraction of sp³-hybridized carbons (Fsp3) is 0.0690. The summed E-state index contributed by atoms with van der Waals surface area (Å²) in [6, 6.07) is 30.2. The summed E-state index contributed by atoms with van der Waals surface area (Å²) >= 11 is 0. The summed E-state index contributed by atoms with van der Waals surface area (Å²) in [6.45, 7) is 2.07. The number of nitrogens with zero attached hydrogens (tertiary/aromatic N) is 4. The van der Waals surface area contributed by atoms with Crippen molar-refractivity contribution in [2.24, 2.45) is 7.05 Å². The van der Waals surface area contributed by atoms with E-state index < -0.39 is 0 Å². The third-order valence-electron chi connectivity index (χ3n) is 5.47. The summed E-state index contributed by atoms with van der Waals surface area (Å²) in [5, 5.41) is 5.18. The number of imidazole rings is 1. The molecule has 0 bridgehead atoms. The van der Waals surface area contributed by atoms with E-state index in [1.165, 1.54) is 5.56 Å². The van der Waals surface area contributed by atoms with Crippen LogP contribution in [0.1, 0.15) is 5.56 Å². The minimum atomic E-state index is 0. The van der Waals surface area contributed by atoms with Crippen molar-refractivity contribution in [2.75, 3.05) is 0 Å². The Bertz CT molecular complexity index is 1520. The van der Waals surface area contributed by atoms with Gasteiger partial charge in [-0.15, -0.1) is 76.4 Å². The quantitative estimate of drug-likeness (QED) is 0.207. The van der Waals surface area contributed by atoms with Gasteiger partial charge in [0.25, 0.3) is 0 Å². The van der Waals surface area contributed by atoms with Gasteiger partial charge in [0.2, 0.25) is 0 Å². The number of fused-ring (bicyclic) bond motifs is 1. The van der Waals surface area contributed by atoms with Crippen molar-refractivity contribution in [3.63, 3.8) is 0 Å². The van der Waals surface area contributed by atoms with Crippen LogP contribution in [-0.4, -0.2) is 19.7 Å². The molecule has 0 spiro atoms. The van der Waals surface area contributed by atoms with Crippen LogP contribution in [0.3, 0.4) is 0 Å². The molecule has 6 aromatic rings. The number of benzene rings is 3. The van der Waals surface area contributed by atoms with Crippen LogP contribution in [0.2, 0.25) is 0 Å². The smallest absolute Gasteiger partial charge is 0.157 e. The van der Waals surface area contributed by atoms with Gasteiger partial charge < -0.3 is 9.09 Å². The van der Waals surface area contributed by atoms with Crippen LogP contribution in [0.25, 0.3) is 44.7 Å². The number of hydrogen-bond acceptors (Lipinski definition) is 4. The first-order valence-electron chi connectivity index (χ1n) is 10.9. The van der Waals surface area contributed by atoms with Gasteiger partial charge in [-0.25, -0.2) is 0 Å². The van der Waals surface area contributed by atoms with Crippen molar-refractivity contribution in [1.82, 2.24) is 19.7 Å². The largest absolute Gasteiger partial charge is 0.373 e. The maximum Gasteiger partial charge on any atom is 0.157 e. The molecule has 0 unspecified atom stereocenters. The summed E-state index contributed by atoms with van der Waals surface area (Å²) < 4.78 is 7.47. The zero-order valence-electron chi connectivity index (χ0n) is 19.3. The first-order chi connectivity index (χ1) is 16.7.